The highest BCUT2D eigenvalue weighted by molar-refractivity contribution is 6.06. The zero-order valence-corrected chi connectivity index (χ0v) is 15.7. The van der Waals surface area contributed by atoms with Crippen molar-refractivity contribution in [3.63, 3.8) is 0 Å². The number of piperidine rings is 1. The average molecular weight is 399 g/mol. The molecule has 2 fully saturated rings. The van der Waals surface area contributed by atoms with E-state index in [0.29, 0.717) is 24.0 Å². The molecule has 2 aliphatic heterocycles. The number of carboxylic acid groups (broad SMARTS) is 1. The van der Waals surface area contributed by atoms with E-state index in [-0.39, 0.29) is 36.8 Å². The summed E-state index contributed by atoms with van der Waals surface area (Å²) < 4.78 is 0. The van der Waals surface area contributed by atoms with Gasteiger partial charge in [0.1, 0.15) is 11.6 Å². The lowest BCUT2D eigenvalue weighted by Crippen LogP contribution is -2.52. The number of nitrogens with one attached hydrogen (secondary N) is 2. The molecule has 1 atom stereocenters. The topological polar surface area (TPSA) is 133 Å². The van der Waals surface area contributed by atoms with Gasteiger partial charge in [-0.15, -0.1) is 0 Å². The van der Waals surface area contributed by atoms with Crippen LogP contribution in [-0.2, 0) is 20.9 Å². The fourth-order valence-electron chi connectivity index (χ4n) is 4.38. The van der Waals surface area contributed by atoms with Gasteiger partial charge in [-0.05, 0) is 43.0 Å². The summed E-state index contributed by atoms with van der Waals surface area (Å²) in [5, 5.41) is 14.4. The van der Waals surface area contributed by atoms with E-state index in [2.05, 4.69) is 10.6 Å². The van der Waals surface area contributed by atoms with Crippen LogP contribution in [0.5, 0.6) is 0 Å². The van der Waals surface area contributed by atoms with Crippen molar-refractivity contribution in [3.8, 4) is 0 Å². The molecule has 1 saturated carbocycles. The highest BCUT2D eigenvalue weighted by Crippen LogP contribution is 2.31. The van der Waals surface area contributed by atoms with Crippen molar-refractivity contribution >= 4 is 29.6 Å². The van der Waals surface area contributed by atoms with Crippen LogP contribution in [0.15, 0.2) is 18.2 Å². The molecule has 29 heavy (non-hydrogen) atoms. The van der Waals surface area contributed by atoms with Crippen LogP contribution in [0.4, 0.5) is 0 Å². The summed E-state index contributed by atoms with van der Waals surface area (Å²) in [4.78, 5) is 61.9. The molecule has 4 rings (SSSR count). The van der Waals surface area contributed by atoms with Gasteiger partial charge in [0.15, 0.2) is 0 Å². The number of aliphatic carboxylic acids is 1. The van der Waals surface area contributed by atoms with E-state index in [1.165, 1.54) is 17.0 Å². The molecule has 1 saturated heterocycles. The Kier molecular flexibility index (Phi) is 4.60. The molecule has 0 aromatic heterocycles. The van der Waals surface area contributed by atoms with E-state index in [1.54, 1.807) is 6.07 Å². The van der Waals surface area contributed by atoms with Crippen LogP contribution >= 0.6 is 0 Å². The molecule has 3 aliphatic rings. The summed E-state index contributed by atoms with van der Waals surface area (Å²) in [6.45, 7) is 0.158. The highest BCUT2D eigenvalue weighted by Gasteiger charge is 2.43. The van der Waals surface area contributed by atoms with Gasteiger partial charge in [0.2, 0.25) is 11.8 Å². The van der Waals surface area contributed by atoms with Gasteiger partial charge in [-0.1, -0.05) is 12.8 Å². The molecule has 0 radical (unpaired) electrons. The number of hydrogen-bond donors (Lipinski definition) is 3. The molecule has 1 aromatic rings. The zero-order valence-electron chi connectivity index (χ0n) is 15.7. The smallest absolute Gasteiger partial charge is 0.329 e. The van der Waals surface area contributed by atoms with E-state index in [9.17, 15) is 29.1 Å². The number of amides is 4. The van der Waals surface area contributed by atoms with Crippen molar-refractivity contribution in [1.29, 1.82) is 0 Å². The molecule has 0 bridgehead atoms. The summed E-state index contributed by atoms with van der Waals surface area (Å²) in [7, 11) is 0. The number of carbonyl (C=O) groups is 5. The van der Waals surface area contributed by atoms with Crippen molar-refractivity contribution in [2.24, 2.45) is 0 Å². The Morgan fingerprint density at radius 3 is 2.55 bits per heavy atom. The minimum absolute atomic E-state index is 0.158. The largest absolute Gasteiger partial charge is 0.480 e. The predicted octanol–water partition coefficient (Wildman–Crippen LogP) is 0.575. The van der Waals surface area contributed by atoms with Crippen LogP contribution in [0.2, 0.25) is 0 Å². The molecular weight excluding hydrogens is 378 g/mol. The molecule has 2 heterocycles. The maximum atomic E-state index is 12.7. The van der Waals surface area contributed by atoms with Gasteiger partial charge in [0.05, 0.1) is 0 Å². The third-order valence-electron chi connectivity index (χ3n) is 6.01. The molecule has 9 heteroatoms. The van der Waals surface area contributed by atoms with Crippen molar-refractivity contribution in [3.05, 3.63) is 34.9 Å². The van der Waals surface area contributed by atoms with Crippen molar-refractivity contribution in [2.75, 3.05) is 0 Å². The van der Waals surface area contributed by atoms with E-state index in [4.69, 9.17) is 0 Å². The molecule has 1 aromatic carbocycles. The number of fused-ring (bicyclic) bond motifs is 1. The van der Waals surface area contributed by atoms with Gasteiger partial charge in [0, 0.05) is 24.1 Å². The monoisotopic (exact) mass is 399 g/mol. The van der Waals surface area contributed by atoms with Crippen molar-refractivity contribution < 1.29 is 29.1 Å². The predicted molar refractivity (Wildman–Crippen MR) is 98.8 cm³/mol. The molecule has 152 valence electrons. The Bertz CT molecular complexity index is 934. The molecular formula is C20H21N3O6. The van der Waals surface area contributed by atoms with Gasteiger partial charge in [-0.3, -0.25) is 24.5 Å². The first-order chi connectivity index (χ1) is 13.8. The number of carbonyl (C=O) groups excluding carboxylic acids is 4. The first kappa shape index (κ1) is 19.1. The number of hydrogen-bond acceptors (Lipinski definition) is 5. The fraction of sp³-hybridized carbons (Fsp3) is 0.450. The second-order valence-electron chi connectivity index (χ2n) is 7.82. The van der Waals surface area contributed by atoms with Crippen LogP contribution in [0.3, 0.4) is 0 Å². The van der Waals surface area contributed by atoms with Crippen molar-refractivity contribution in [2.45, 2.75) is 56.7 Å². The summed E-state index contributed by atoms with van der Waals surface area (Å²) >= 11 is 0. The quantitative estimate of drug-likeness (QED) is 0.634. The molecule has 4 amide bonds. The number of rotatable bonds is 4. The fourth-order valence-corrected chi connectivity index (χ4v) is 4.38. The van der Waals surface area contributed by atoms with Gasteiger partial charge in [-0.25, -0.2) is 4.79 Å². The molecule has 1 aliphatic carbocycles. The van der Waals surface area contributed by atoms with E-state index in [0.717, 1.165) is 12.8 Å². The Balaban J connectivity index is 1.53. The van der Waals surface area contributed by atoms with Crippen LogP contribution in [0.1, 0.15) is 64.8 Å². The highest BCUT2D eigenvalue weighted by atomic mass is 16.4. The lowest BCUT2D eigenvalue weighted by Gasteiger charge is -2.29. The van der Waals surface area contributed by atoms with Gasteiger partial charge < -0.3 is 15.3 Å². The minimum atomic E-state index is -1.25. The van der Waals surface area contributed by atoms with Crippen LogP contribution in [-0.4, -0.2) is 51.2 Å². The van der Waals surface area contributed by atoms with Gasteiger partial charge >= 0.3 is 5.97 Å². The molecule has 0 spiro atoms. The maximum Gasteiger partial charge on any atom is 0.329 e. The number of carboxylic acids is 1. The van der Waals surface area contributed by atoms with Crippen LogP contribution < -0.4 is 10.6 Å². The summed E-state index contributed by atoms with van der Waals surface area (Å²) in [5.74, 6) is -2.70. The first-order valence-corrected chi connectivity index (χ1v) is 9.64. The number of imide groups is 1. The third-order valence-corrected chi connectivity index (χ3v) is 6.01. The average Bonchev–Trinajstić information content (AvgIpc) is 3.27. The summed E-state index contributed by atoms with van der Waals surface area (Å²) in [6, 6.07) is 3.86. The zero-order chi connectivity index (χ0) is 20.8. The molecule has 9 nitrogen and oxygen atoms in total. The normalized spacial score (nSPS) is 23.0. The minimum Gasteiger partial charge on any atom is -0.480 e. The van der Waals surface area contributed by atoms with Gasteiger partial charge in [-0.2, -0.15) is 0 Å². The second kappa shape index (κ2) is 6.98. The van der Waals surface area contributed by atoms with E-state index < -0.39 is 29.4 Å². The Hall–Kier alpha value is -3.23. The molecule has 1 unspecified atom stereocenters. The van der Waals surface area contributed by atoms with E-state index >= 15 is 0 Å². The lowest BCUT2D eigenvalue weighted by molar-refractivity contribution is -0.144. The number of nitrogens with zero attached hydrogens (tertiary/aromatic N) is 1. The maximum absolute atomic E-state index is 12.7. The Labute approximate surface area is 166 Å². The van der Waals surface area contributed by atoms with E-state index in [1.807, 2.05) is 0 Å². The first-order valence-electron chi connectivity index (χ1n) is 9.64. The van der Waals surface area contributed by atoms with Crippen LogP contribution in [0, 0.1) is 0 Å². The Morgan fingerprint density at radius 1 is 1.17 bits per heavy atom. The third kappa shape index (κ3) is 3.26. The Morgan fingerprint density at radius 2 is 1.90 bits per heavy atom. The standard InChI is InChI=1S/C20H21N3O6/c24-15-6-5-14(17(26)21-15)23-10-12-9-11(3-4-13(12)18(23)27)16(25)22-20(19(28)29)7-1-2-8-20/h3-4,9,14H,1-2,5-8,10H2,(H,22,25)(H,28,29)(H,21,24,26). The number of benzene rings is 1. The summed E-state index contributed by atoms with van der Waals surface area (Å²) in [6.07, 6.45) is 2.69. The van der Waals surface area contributed by atoms with Crippen molar-refractivity contribution in [1.82, 2.24) is 15.5 Å². The SMILES string of the molecule is O=C1CCC(N2Cc3cc(C(=O)NC4(C(=O)O)CCCC4)ccc3C2=O)C(=O)N1. The lowest BCUT2D eigenvalue weighted by atomic mass is 9.96. The van der Waals surface area contributed by atoms with Crippen LogP contribution in [0.25, 0.3) is 0 Å². The molecule has 3 N–H and O–H groups in total. The van der Waals surface area contributed by atoms with Gasteiger partial charge in [0.25, 0.3) is 11.8 Å². The second-order valence-corrected chi connectivity index (χ2v) is 7.82. The summed E-state index contributed by atoms with van der Waals surface area (Å²) in [5.41, 5.74) is 0.0300.